The molecule has 3 aromatic rings. The minimum absolute atomic E-state index is 0.139. The van der Waals surface area contributed by atoms with Crippen LogP contribution in [-0.4, -0.2) is 23.0 Å². The van der Waals surface area contributed by atoms with E-state index in [2.05, 4.69) is 15.9 Å². The number of benzene rings is 2. The SMILES string of the molecule is COCOc1c(Br)cc(C)cc1-c1ccc(-n2ccn(C)c2=O)c(Cl)c1. The van der Waals surface area contributed by atoms with Crippen LogP contribution in [0.1, 0.15) is 5.56 Å². The van der Waals surface area contributed by atoms with Gasteiger partial charge in [0.1, 0.15) is 5.75 Å². The van der Waals surface area contributed by atoms with Gasteiger partial charge in [-0.15, -0.1) is 0 Å². The zero-order valence-electron chi connectivity index (χ0n) is 14.6. The molecular formula is C19H18BrClN2O3. The van der Waals surface area contributed by atoms with Crippen molar-refractivity contribution in [1.82, 2.24) is 9.13 Å². The number of hydrogen-bond donors (Lipinski definition) is 0. The number of imidazole rings is 1. The minimum Gasteiger partial charge on any atom is -0.466 e. The van der Waals surface area contributed by atoms with Gasteiger partial charge in [-0.25, -0.2) is 4.79 Å². The molecule has 0 saturated carbocycles. The van der Waals surface area contributed by atoms with Gasteiger partial charge in [-0.3, -0.25) is 4.57 Å². The Morgan fingerprint density at radius 3 is 2.58 bits per heavy atom. The third-order valence-corrected chi connectivity index (χ3v) is 4.87. The van der Waals surface area contributed by atoms with Crippen LogP contribution in [0.5, 0.6) is 5.75 Å². The molecule has 0 N–H and O–H groups in total. The lowest BCUT2D eigenvalue weighted by Crippen LogP contribution is -2.20. The molecule has 0 aliphatic carbocycles. The Morgan fingerprint density at radius 2 is 1.96 bits per heavy atom. The van der Waals surface area contributed by atoms with Crippen LogP contribution in [0.15, 0.2) is 52.0 Å². The normalized spacial score (nSPS) is 11.0. The van der Waals surface area contributed by atoms with Crippen LogP contribution in [0.25, 0.3) is 16.8 Å². The zero-order chi connectivity index (χ0) is 18.8. The second-order valence-electron chi connectivity index (χ2n) is 5.90. The topological polar surface area (TPSA) is 45.4 Å². The molecule has 0 saturated heterocycles. The molecule has 0 bridgehead atoms. The lowest BCUT2D eigenvalue weighted by atomic mass is 10.0. The molecule has 0 aliphatic rings. The largest absolute Gasteiger partial charge is 0.466 e. The smallest absolute Gasteiger partial charge is 0.332 e. The zero-order valence-corrected chi connectivity index (χ0v) is 17.0. The van der Waals surface area contributed by atoms with Gasteiger partial charge in [-0.2, -0.15) is 0 Å². The number of methoxy groups -OCH3 is 1. The molecule has 26 heavy (non-hydrogen) atoms. The summed E-state index contributed by atoms with van der Waals surface area (Å²) in [7, 11) is 3.27. The molecule has 1 aromatic heterocycles. The molecule has 0 aliphatic heterocycles. The summed E-state index contributed by atoms with van der Waals surface area (Å²) in [6.45, 7) is 2.15. The van der Waals surface area contributed by atoms with E-state index in [1.807, 2.05) is 37.3 Å². The van der Waals surface area contributed by atoms with E-state index in [1.165, 1.54) is 9.13 Å². The maximum Gasteiger partial charge on any atom is 0.332 e. The summed E-state index contributed by atoms with van der Waals surface area (Å²) in [6.07, 6.45) is 3.39. The minimum atomic E-state index is -0.151. The van der Waals surface area contributed by atoms with Crippen LogP contribution < -0.4 is 10.4 Å². The van der Waals surface area contributed by atoms with Crippen LogP contribution >= 0.6 is 27.5 Å². The molecule has 3 rings (SSSR count). The first kappa shape index (κ1) is 18.8. The summed E-state index contributed by atoms with van der Waals surface area (Å²) in [4.78, 5) is 12.2. The second-order valence-corrected chi connectivity index (χ2v) is 7.16. The predicted octanol–water partition coefficient (Wildman–Crippen LogP) is 4.55. The third kappa shape index (κ3) is 3.58. The Kier molecular flexibility index (Phi) is 5.55. The van der Waals surface area contributed by atoms with E-state index in [1.54, 1.807) is 26.6 Å². The van der Waals surface area contributed by atoms with E-state index in [9.17, 15) is 4.79 Å². The lowest BCUT2D eigenvalue weighted by molar-refractivity contribution is 0.0510. The van der Waals surface area contributed by atoms with Crippen LogP contribution in [-0.2, 0) is 11.8 Å². The van der Waals surface area contributed by atoms with Crippen molar-refractivity contribution < 1.29 is 9.47 Å². The summed E-state index contributed by atoms with van der Waals surface area (Å²) in [5, 5.41) is 0.478. The number of aromatic nitrogens is 2. The van der Waals surface area contributed by atoms with Crippen molar-refractivity contribution >= 4 is 27.5 Å². The molecular weight excluding hydrogens is 420 g/mol. The van der Waals surface area contributed by atoms with E-state index in [-0.39, 0.29) is 12.5 Å². The van der Waals surface area contributed by atoms with E-state index >= 15 is 0 Å². The van der Waals surface area contributed by atoms with Crippen molar-refractivity contribution in [3.05, 3.63) is 68.3 Å². The molecule has 0 spiro atoms. The van der Waals surface area contributed by atoms with Gasteiger partial charge < -0.3 is 14.0 Å². The predicted molar refractivity (Wildman–Crippen MR) is 106 cm³/mol. The number of rotatable bonds is 5. The highest BCUT2D eigenvalue weighted by molar-refractivity contribution is 9.10. The molecule has 5 nitrogen and oxygen atoms in total. The van der Waals surface area contributed by atoms with Crippen molar-refractivity contribution in [3.8, 4) is 22.6 Å². The van der Waals surface area contributed by atoms with Crippen molar-refractivity contribution in [2.45, 2.75) is 6.92 Å². The molecule has 0 unspecified atom stereocenters. The second kappa shape index (κ2) is 7.70. The van der Waals surface area contributed by atoms with Crippen LogP contribution in [0.4, 0.5) is 0 Å². The third-order valence-electron chi connectivity index (χ3n) is 3.97. The van der Waals surface area contributed by atoms with Gasteiger partial charge in [0.25, 0.3) is 0 Å². The quantitative estimate of drug-likeness (QED) is 0.550. The Morgan fingerprint density at radius 1 is 1.19 bits per heavy atom. The van der Waals surface area contributed by atoms with Gasteiger partial charge in [0.05, 0.1) is 15.2 Å². The van der Waals surface area contributed by atoms with Gasteiger partial charge in [0.15, 0.2) is 6.79 Å². The van der Waals surface area contributed by atoms with Crippen molar-refractivity contribution in [2.24, 2.45) is 7.05 Å². The highest BCUT2D eigenvalue weighted by Gasteiger charge is 2.14. The fourth-order valence-electron chi connectivity index (χ4n) is 2.73. The number of nitrogens with zero attached hydrogens (tertiary/aromatic N) is 2. The molecule has 136 valence electrons. The van der Waals surface area contributed by atoms with Crippen LogP contribution in [0.3, 0.4) is 0 Å². The molecule has 0 fully saturated rings. The summed E-state index contributed by atoms with van der Waals surface area (Å²) >= 11 is 10.0. The molecule has 0 atom stereocenters. The summed E-state index contributed by atoms with van der Waals surface area (Å²) in [5.41, 5.74) is 3.34. The Balaban J connectivity index is 2.10. The monoisotopic (exact) mass is 436 g/mol. The van der Waals surface area contributed by atoms with E-state index in [4.69, 9.17) is 21.1 Å². The first-order valence-electron chi connectivity index (χ1n) is 7.88. The molecule has 7 heteroatoms. The standard InChI is InChI=1S/C19H18BrClN2O3/c1-12-8-14(18(15(20)9-12)26-11-25-3)13-4-5-17(16(21)10-13)23-7-6-22(2)19(23)24/h4-10H,11H2,1-3H3. The Hall–Kier alpha value is -2.02. The molecule has 0 radical (unpaired) electrons. The first-order valence-corrected chi connectivity index (χ1v) is 9.05. The maximum atomic E-state index is 12.2. The van der Waals surface area contributed by atoms with E-state index < -0.39 is 0 Å². The first-order chi connectivity index (χ1) is 12.4. The Labute approximate surface area is 164 Å². The lowest BCUT2D eigenvalue weighted by Gasteiger charge is -2.15. The summed E-state index contributed by atoms with van der Waals surface area (Å²) < 4.78 is 14.6. The van der Waals surface area contributed by atoms with Crippen molar-refractivity contribution in [1.29, 1.82) is 0 Å². The Bertz CT molecular complexity index is 1010. The summed E-state index contributed by atoms with van der Waals surface area (Å²) in [6, 6.07) is 9.58. The van der Waals surface area contributed by atoms with Crippen molar-refractivity contribution in [3.63, 3.8) is 0 Å². The highest BCUT2D eigenvalue weighted by Crippen LogP contribution is 2.39. The number of halogens is 2. The number of aryl methyl sites for hydroxylation is 2. The summed E-state index contributed by atoms with van der Waals surface area (Å²) in [5.74, 6) is 0.679. The average Bonchev–Trinajstić information content (AvgIpc) is 2.93. The van der Waals surface area contributed by atoms with Gasteiger partial charge in [-0.05, 0) is 58.2 Å². The van der Waals surface area contributed by atoms with Crippen LogP contribution in [0.2, 0.25) is 5.02 Å². The average molecular weight is 438 g/mol. The van der Waals surface area contributed by atoms with Gasteiger partial charge in [0.2, 0.25) is 0 Å². The molecule has 0 amide bonds. The van der Waals surface area contributed by atoms with Gasteiger partial charge in [0, 0.05) is 32.1 Å². The van der Waals surface area contributed by atoms with E-state index in [0.717, 1.165) is 21.2 Å². The fraction of sp³-hybridized carbons (Fsp3) is 0.211. The van der Waals surface area contributed by atoms with E-state index in [0.29, 0.717) is 16.5 Å². The van der Waals surface area contributed by atoms with Gasteiger partial charge >= 0.3 is 5.69 Å². The van der Waals surface area contributed by atoms with Crippen molar-refractivity contribution in [2.75, 3.05) is 13.9 Å². The number of ether oxygens (including phenoxy) is 2. The fourth-order valence-corrected chi connectivity index (χ4v) is 3.69. The number of hydrogen-bond acceptors (Lipinski definition) is 3. The molecule has 1 heterocycles. The van der Waals surface area contributed by atoms with Crippen LogP contribution in [0, 0.1) is 6.92 Å². The maximum absolute atomic E-state index is 12.2. The van der Waals surface area contributed by atoms with Gasteiger partial charge in [-0.1, -0.05) is 17.7 Å². The highest BCUT2D eigenvalue weighted by atomic mass is 79.9. The molecule has 2 aromatic carbocycles.